The minimum atomic E-state index is 0.371. The molecule has 0 aliphatic carbocycles. The van der Waals surface area contributed by atoms with Crippen LogP contribution in [0.15, 0.2) is 48.7 Å². The molecule has 0 aliphatic rings. The van der Waals surface area contributed by atoms with Gasteiger partial charge in [0.25, 0.3) is 0 Å². The summed E-state index contributed by atoms with van der Waals surface area (Å²) in [5.74, 6) is 0. The Morgan fingerprint density at radius 2 is 1.84 bits per heavy atom. The predicted octanol–water partition coefficient (Wildman–Crippen LogP) is 3.01. The standard InChI is InChI=1S/C15H12N4/c16-8-4-10-19(14-5-2-1-3-6-14)15-7-9-18-13(11-15)12-17/h1-3,5-7,9,11H,4,10H2. The van der Waals surface area contributed by atoms with Crippen LogP contribution in [0, 0.1) is 22.7 Å². The van der Waals surface area contributed by atoms with Gasteiger partial charge in [0.15, 0.2) is 0 Å². The Labute approximate surface area is 112 Å². The van der Waals surface area contributed by atoms with Gasteiger partial charge in [0.05, 0.1) is 12.5 Å². The molecule has 0 saturated heterocycles. The molecule has 0 N–H and O–H groups in total. The van der Waals surface area contributed by atoms with Crippen molar-refractivity contribution in [2.75, 3.05) is 11.4 Å². The minimum absolute atomic E-state index is 0.371. The summed E-state index contributed by atoms with van der Waals surface area (Å²) in [6.45, 7) is 0.579. The molecule has 0 saturated carbocycles. The second-order valence-corrected chi connectivity index (χ2v) is 3.91. The normalized spacial score (nSPS) is 9.37. The summed E-state index contributed by atoms with van der Waals surface area (Å²) in [6.07, 6.45) is 2.02. The van der Waals surface area contributed by atoms with Gasteiger partial charge < -0.3 is 4.90 Å². The molecule has 19 heavy (non-hydrogen) atoms. The molecule has 0 bridgehead atoms. The summed E-state index contributed by atoms with van der Waals surface area (Å²) in [4.78, 5) is 5.97. The third kappa shape index (κ3) is 3.08. The van der Waals surface area contributed by atoms with Crippen LogP contribution in [0.3, 0.4) is 0 Å². The van der Waals surface area contributed by atoms with Crippen molar-refractivity contribution in [1.82, 2.24) is 4.98 Å². The van der Waals surface area contributed by atoms with Crippen LogP contribution in [0.25, 0.3) is 0 Å². The topological polar surface area (TPSA) is 63.7 Å². The summed E-state index contributed by atoms with van der Waals surface area (Å²) >= 11 is 0. The molecule has 2 rings (SSSR count). The highest BCUT2D eigenvalue weighted by Gasteiger charge is 2.09. The van der Waals surface area contributed by atoms with Crippen LogP contribution in [0.2, 0.25) is 0 Å². The van der Waals surface area contributed by atoms with Gasteiger partial charge in [0.2, 0.25) is 0 Å². The van der Waals surface area contributed by atoms with Gasteiger partial charge in [-0.1, -0.05) is 18.2 Å². The second-order valence-electron chi connectivity index (χ2n) is 3.91. The number of hydrogen-bond acceptors (Lipinski definition) is 4. The Hall–Kier alpha value is -2.85. The molecular weight excluding hydrogens is 236 g/mol. The molecule has 4 heteroatoms. The Bertz CT molecular complexity index is 623. The highest BCUT2D eigenvalue weighted by atomic mass is 15.1. The fraction of sp³-hybridized carbons (Fsp3) is 0.133. The van der Waals surface area contributed by atoms with E-state index in [0.717, 1.165) is 11.4 Å². The lowest BCUT2D eigenvalue weighted by molar-refractivity contribution is 0.945. The summed E-state index contributed by atoms with van der Waals surface area (Å²) in [6, 6.07) is 17.5. The van der Waals surface area contributed by atoms with Gasteiger partial charge in [-0.15, -0.1) is 0 Å². The van der Waals surface area contributed by atoms with Crippen molar-refractivity contribution in [1.29, 1.82) is 10.5 Å². The fourth-order valence-corrected chi connectivity index (χ4v) is 1.83. The van der Waals surface area contributed by atoms with Crippen molar-refractivity contribution in [2.45, 2.75) is 6.42 Å². The highest BCUT2D eigenvalue weighted by molar-refractivity contribution is 5.63. The van der Waals surface area contributed by atoms with Gasteiger partial charge >= 0.3 is 0 Å². The fourth-order valence-electron chi connectivity index (χ4n) is 1.83. The van der Waals surface area contributed by atoms with E-state index < -0.39 is 0 Å². The number of anilines is 2. The molecule has 0 amide bonds. The van der Waals surface area contributed by atoms with E-state index in [2.05, 4.69) is 11.1 Å². The van der Waals surface area contributed by atoms with Gasteiger partial charge in [0, 0.05) is 24.1 Å². The highest BCUT2D eigenvalue weighted by Crippen LogP contribution is 2.25. The molecule has 0 atom stereocenters. The predicted molar refractivity (Wildman–Crippen MR) is 72.6 cm³/mol. The van der Waals surface area contributed by atoms with E-state index in [4.69, 9.17) is 10.5 Å². The second kappa shape index (κ2) is 6.18. The molecule has 0 aliphatic heterocycles. The largest absolute Gasteiger partial charge is 0.340 e. The van der Waals surface area contributed by atoms with Crippen LogP contribution in [-0.2, 0) is 0 Å². The maximum atomic E-state index is 8.91. The lowest BCUT2D eigenvalue weighted by Crippen LogP contribution is -2.18. The molecule has 0 spiro atoms. The molecular formula is C15H12N4. The monoisotopic (exact) mass is 248 g/mol. The van der Waals surface area contributed by atoms with Gasteiger partial charge in [0.1, 0.15) is 11.8 Å². The van der Waals surface area contributed by atoms with E-state index in [1.54, 1.807) is 12.3 Å². The SMILES string of the molecule is N#CCCN(c1ccccc1)c1ccnc(C#N)c1. The zero-order valence-corrected chi connectivity index (χ0v) is 10.3. The van der Waals surface area contributed by atoms with E-state index in [0.29, 0.717) is 18.7 Å². The summed E-state index contributed by atoms with van der Waals surface area (Å²) in [5.41, 5.74) is 2.23. The Balaban J connectivity index is 2.38. The van der Waals surface area contributed by atoms with E-state index in [9.17, 15) is 0 Å². The molecule has 1 aromatic heterocycles. The first-order chi connectivity index (χ1) is 9.35. The Morgan fingerprint density at radius 1 is 1.05 bits per heavy atom. The summed E-state index contributed by atoms with van der Waals surface area (Å²) < 4.78 is 0. The van der Waals surface area contributed by atoms with Crippen molar-refractivity contribution >= 4 is 11.4 Å². The van der Waals surface area contributed by atoms with Gasteiger partial charge in [-0.25, -0.2) is 4.98 Å². The van der Waals surface area contributed by atoms with Crippen LogP contribution >= 0.6 is 0 Å². The van der Waals surface area contributed by atoms with E-state index in [1.165, 1.54) is 0 Å². The number of pyridine rings is 1. The number of para-hydroxylation sites is 1. The summed E-state index contributed by atoms with van der Waals surface area (Å²) in [7, 11) is 0. The van der Waals surface area contributed by atoms with E-state index in [1.807, 2.05) is 47.4 Å². The number of nitriles is 2. The molecule has 1 heterocycles. The number of nitrogens with zero attached hydrogens (tertiary/aromatic N) is 4. The zero-order chi connectivity index (χ0) is 13.5. The third-order valence-electron chi connectivity index (χ3n) is 2.68. The Kier molecular flexibility index (Phi) is 4.10. The molecule has 2 aromatic rings. The number of aromatic nitrogens is 1. The van der Waals surface area contributed by atoms with Crippen LogP contribution < -0.4 is 4.90 Å². The van der Waals surface area contributed by atoms with Crippen molar-refractivity contribution in [3.8, 4) is 12.1 Å². The first-order valence-corrected chi connectivity index (χ1v) is 5.91. The molecule has 1 aromatic carbocycles. The van der Waals surface area contributed by atoms with E-state index >= 15 is 0 Å². The zero-order valence-electron chi connectivity index (χ0n) is 10.3. The van der Waals surface area contributed by atoms with Crippen molar-refractivity contribution < 1.29 is 0 Å². The Morgan fingerprint density at radius 3 is 2.53 bits per heavy atom. The quantitative estimate of drug-likeness (QED) is 0.834. The van der Waals surface area contributed by atoms with Gasteiger partial charge in [-0.05, 0) is 24.3 Å². The smallest absolute Gasteiger partial charge is 0.142 e. The van der Waals surface area contributed by atoms with Crippen LogP contribution in [0.5, 0.6) is 0 Å². The lowest BCUT2D eigenvalue weighted by atomic mass is 10.2. The lowest BCUT2D eigenvalue weighted by Gasteiger charge is -2.23. The summed E-state index contributed by atoms with van der Waals surface area (Å²) in [5, 5.41) is 17.7. The van der Waals surface area contributed by atoms with Crippen LogP contribution in [0.1, 0.15) is 12.1 Å². The molecule has 4 nitrogen and oxygen atoms in total. The van der Waals surface area contributed by atoms with Gasteiger partial charge in [-0.2, -0.15) is 10.5 Å². The minimum Gasteiger partial charge on any atom is -0.340 e. The molecule has 92 valence electrons. The van der Waals surface area contributed by atoms with Crippen LogP contribution in [0.4, 0.5) is 11.4 Å². The first kappa shape index (κ1) is 12.6. The third-order valence-corrected chi connectivity index (χ3v) is 2.68. The average Bonchev–Trinajstić information content (AvgIpc) is 2.49. The molecule has 0 unspecified atom stereocenters. The average molecular weight is 248 g/mol. The maximum absolute atomic E-state index is 8.91. The number of hydrogen-bond donors (Lipinski definition) is 0. The molecule has 0 fully saturated rings. The molecule has 0 radical (unpaired) electrons. The van der Waals surface area contributed by atoms with Crippen molar-refractivity contribution in [3.63, 3.8) is 0 Å². The first-order valence-electron chi connectivity index (χ1n) is 5.91. The van der Waals surface area contributed by atoms with Crippen molar-refractivity contribution in [3.05, 3.63) is 54.4 Å². The van der Waals surface area contributed by atoms with Crippen LogP contribution in [-0.4, -0.2) is 11.5 Å². The van der Waals surface area contributed by atoms with Crippen molar-refractivity contribution in [2.24, 2.45) is 0 Å². The number of rotatable bonds is 4. The number of benzene rings is 1. The van der Waals surface area contributed by atoms with E-state index in [-0.39, 0.29) is 0 Å². The maximum Gasteiger partial charge on any atom is 0.142 e. The van der Waals surface area contributed by atoms with Gasteiger partial charge in [-0.3, -0.25) is 0 Å².